The van der Waals surface area contributed by atoms with Crippen molar-refractivity contribution in [2.75, 3.05) is 12.9 Å². The number of ketones is 1. The number of Topliss-reactive ketones (excluding diaryl/α,β-unsaturated/α-hetero) is 1. The predicted molar refractivity (Wildman–Crippen MR) is 97.9 cm³/mol. The minimum Gasteiger partial charge on any atom is -0.485 e. The first kappa shape index (κ1) is 19.7. The molecule has 1 unspecified atom stereocenters. The number of imide groups is 1. The van der Waals surface area contributed by atoms with Crippen LogP contribution in [0.2, 0.25) is 0 Å². The third kappa shape index (κ3) is 5.70. The summed E-state index contributed by atoms with van der Waals surface area (Å²) in [6.45, 7) is -0.196. The van der Waals surface area contributed by atoms with Crippen LogP contribution in [0.25, 0.3) is 0 Å². The smallest absolute Gasteiger partial charge is 0.239 e. The molecule has 0 aliphatic carbocycles. The number of halogens is 1. The molecule has 1 atom stereocenters. The highest BCUT2D eigenvalue weighted by atomic mass is 32.2. The summed E-state index contributed by atoms with van der Waals surface area (Å²) in [4.78, 5) is 34.1. The molecule has 0 saturated heterocycles. The van der Waals surface area contributed by atoms with Crippen molar-refractivity contribution in [3.63, 3.8) is 0 Å². The fourth-order valence-electron chi connectivity index (χ4n) is 2.26. The summed E-state index contributed by atoms with van der Waals surface area (Å²) >= 11 is 1.35. The third-order valence-corrected chi connectivity index (χ3v) is 4.59. The highest BCUT2D eigenvalue weighted by molar-refractivity contribution is 7.99. The van der Waals surface area contributed by atoms with Crippen molar-refractivity contribution in [3.8, 4) is 5.75 Å². The Morgan fingerprint density at radius 2 is 1.96 bits per heavy atom. The third-order valence-electron chi connectivity index (χ3n) is 3.64. The first-order chi connectivity index (χ1) is 12.5. The first-order valence-electron chi connectivity index (χ1n) is 7.81. The van der Waals surface area contributed by atoms with Crippen molar-refractivity contribution in [3.05, 3.63) is 65.5 Å². The average molecular weight is 375 g/mol. The normalized spacial score (nSPS) is 11.5. The Morgan fingerprint density at radius 1 is 1.23 bits per heavy atom. The van der Waals surface area contributed by atoms with Gasteiger partial charge in [-0.25, -0.2) is 4.39 Å². The average Bonchev–Trinajstić information content (AvgIpc) is 2.65. The van der Waals surface area contributed by atoms with E-state index in [-0.39, 0.29) is 29.1 Å². The summed E-state index contributed by atoms with van der Waals surface area (Å²) in [6, 6.07) is 12.4. The van der Waals surface area contributed by atoms with E-state index in [0.29, 0.717) is 18.6 Å². The lowest BCUT2D eigenvalue weighted by molar-refractivity contribution is -0.124. The van der Waals surface area contributed by atoms with Gasteiger partial charge in [0.2, 0.25) is 12.3 Å². The number of ether oxygens (including phenoxy) is 1. The lowest BCUT2D eigenvalue weighted by atomic mass is 10.1. The summed E-state index contributed by atoms with van der Waals surface area (Å²) in [5, 5.41) is 1.78. The fourth-order valence-corrected chi connectivity index (χ4v) is 2.91. The van der Waals surface area contributed by atoms with Gasteiger partial charge in [-0.05, 0) is 42.5 Å². The van der Waals surface area contributed by atoms with Crippen LogP contribution in [0.15, 0.2) is 48.5 Å². The van der Waals surface area contributed by atoms with E-state index in [2.05, 4.69) is 5.32 Å². The first-order valence-corrected chi connectivity index (χ1v) is 9.09. The van der Waals surface area contributed by atoms with Gasteiger partial charge in [-0.2, -0.15) is 11.8 Å². The number of benzene rings is 2. The van der Waals surface area contributed by atoms with Crippen LogP contribution in [0, 0.1) is 5.82 Å². The number of hydrogen-bond acceptors (Lipinski definition) is 5. The van der Waals surface area contributed by atoms with Gasteiger partial charge in [-0.1, -0.05) is 24.3 Å². The molecule has 26 heavy (non-hydrogen) atoms. The van der Waals surface area contributed by atoms with E-state index in [0.717, 1.165) is 5.56 Å². The Morgan fingerprint density at radius 3 is 2.58 bits per heavy atom. The number of nitrogens with one attached hydrogen (secondary N) is 1. The zero-order chi connectivity index (χ0) is 18.9. The van der Waals surface area contributed by atoms with Crippen LogP contribution >= 0.6 is 11.8 Å². The van der Waals surface area contributed by atoms with E-state index in [1.54, 1.807) is 30.5 Å². The predicted octanol–water partition coefficient (Wildman–Crippen LogP) is 2.63. The maximum absolute atomic E-state index is 13.1. The quantitative estimate of drug-likeness (QED) is 0.539. The summed E-state index contributed by atoms with van der Waals surface area (Å²) in [7, 11) is 0. The van der Waals surface area contributed by atoms with E-state index in [4.69, 9.17) is 4.74 Å². The Bertz CT molecular complexity index is 779. The molecule has 0 heterocycles. The lowest BCUT2D eigenvalue weighted by Gasteiger charge is -2.12. The molecular weight excluding hydrogens is 357 g/mol. The van der Waals surface area contributed by atoms with Crippen molar-refractivity contribution in [1.29, 1.82) is 0 Å². The van der Waals surface area contributed by atoms with Gasteiger partial charge < -0.3 is 4.74 Å². The summed E-state index contributed by atoms with van der Waals surface area (Å²) in [5.74, 6) is -0.631. The van der Waals surface area contributed by atoms with Gasteiger partial charge in [-0.3, -0.25) is 19.7 Å². The van der Waals surface area contributed by atoms with Gasteiger partial charge in [0.05, 0.1) is 5.25 Å². The molecule has 0 aliphatic rings. The van der Waals surface area contributed by atoms with Crippen molar-refractivity contribution in [2.45, 2.75) is 11.7 Å². The molecule has 2 rings (SSSR count). The SMILES string of the molecule is CSC(Cc1ccc(OCC(=O)c2cccc(F)c2)cc1)C(=O)NC=O. The summed E-state index contributed by atoms with van der Waals surface area (Å²) in [5.41, 5.74) is 1.15. The highest BCUT2D eigenvalue weighted by Crippen LogP contribution is 2.18. The molecule has 0 radical (unpaired) electrons. The fraction of sp³-hybridized carbons (Fsp3) is 0.211. The second-order valence-electron chi connectivity index (χ2n) is 5.42. The second-order valence-corrected chi connectivity index (χ2v) is 6.46. The number of carbonyl (C=O) groups excluding carboxylic acids is 3. The molecular formula is C19H18FNO4S. The number of thioether (sulfide) groups is 1. The molecule has 0 aromatic heterocycles. The van der Waals surface area contributed by atoms with Gasteiger partial charge in [-0.15, -0.1) is 0 Å². The van der Waals surface area contributed by atoms with Crippen LogP contribution in [0.4, 0.5) is 4.39 Å². The number of amides is 2. The molecule has 2 aromatic rings. The number of hydrogen-bond donors (Lipinski definition) is 1. The van der Waals surface area contributed by atoms with Gasteiger partial charge in [0.25, 0.3) is 0 Å². The molecule has 136 valence electrons. The van der Waals surface area contributed by atoms with E-state index in [1.807, 2.05) is 0 Å². The Balaban J connectivity index is 1.91. The van der Waals surface area contributed by atoms with E-state index >= 15 is 0 Å². The van der Waals surface area contributed by atoms with Gasteiger partial charge in [0.1, 0.15) is 11.6 Å². The summed E-state index contributed by atoms with van der Waals surface area (Å²) in [6.07, 6.45) is 2.63. The lowest BCUT2D eigenvalue weighted by Crippen LogP contribution is -2.32. The molecule has 7 heteroatoms. The molecule has 0 aliphatic heterocycles. The molecule has 1 N–H and O–H groups in total. The van der Waals surface area contributed by atoms with Crippen molar-refractivity contribution in [1.82, 2.24) is 5.32 Å². The van der Waals surface area contributed by atoms with Crippen LogP contribution in [0.1, 0.15) is 15.9 Å². The molecule has 0 spiro atoms. The van der Waals surface area contributed by atoms with Crippen LogP contribution < -0.4 is 10.1 Å². The highest BCUT2D eigenvalue weighted by Gasteiger charge is 2.17. The van der Waals surface area contributed by atoms with Gasteiger partial charge >= 0.3 is 0 Å². The van der Waals surface area contributed by atoms with E-state index in [1.165, 1.54) is 36.0 Å². The molecule has 5 nitrogen and oxygen atoms in total. The monoisotopic (exact) mass is 375 g/mol. The number of rotatable bonds is 9. The maximum Gasteiger partial charge on any atom is 0.239 e. The van der Waals surface area contributed by atoms with Crippen molar-refractivity contribution >= 4 is 29.9 Å². The molecule has 0 saturated carbocycles. The maximum atomic E-state index is 13.1. The van der Waals surface area contributed by atoms with E-state index in [9.17, 15) is 18.8 Å². The standard InChI is InChI=1S/C19H18FNO4S/c1-26-18(19(24)21-12-22)9-13-5-7-16(8-6-13)25-11-17(23)14-3-2-4-15(20)10-14/h2-8,10,12,18H,9,11H2,1H3,(H,21,22,24). The largest absolute Gasteiger partial charge is 0.485 e. The van der Waals surface area contributed by atoms with Crippen LogP contribution in [0.3, 0.4) is 0 Å². The minimum absolute atomic E-state index is 0.196. The van der Waals surface area contributed by atoms with Crippen molar-refractivity contribution < 1.29 is 23.5 Å². The molecule has 0 bridgehead atoms. The van der Waals surface area contributed by atoms with Crippen molar-refractivity contribution in [2.24, 2.45) is 0 Å². The molecule has 2 amide bonds. The Hall–Kier alpha value is -2.67. The molecule has 0 fully saturated rings. The Kier molecular flexibility index (Phi) is 7.35. The zero-order valence-corrected chi connectivity index (χ0v) is 14.9. The van der Waals surface area contributed by atoms with Crippen LogP contribution in [-0.2, 0) is 16.0 Å². The topological polar surface area (TPSA) is 72.5 Å². The van der Waals surface area contributed by atoms with E-state index < -0.39 is 5.82 Å². The van der Waals surface area contributed by atoms with Gasteiger partial charge in [0, 0.05) is 5.56 Å². The van der Waals surface area contributed by atoms with Gasteiger partial charge in [0.15, 0.2) is 12.4 Å². The zero-order valence-electron chi connectivity index (χ0n) is 14.1. The summed E-state index contributed by atoms with van der Waals surface area (Å²) < 4.78 is 18.6. The number of carbonyl (C=O) groups is 3. The second kappa shape index (κ2) is 9.72. The molecule has 2 aromatic carbocycles. The Labute approximate surface area is 154 Å². The van der Waals surface area contributed by atoms with Crippen LogP contribution in [-0.4, -0.2) is 36.2 Å². The minimum atomic E-state index is -0.470. The van der Waals surface area contributed by atoms with Crippen LogP contribution in [0.5, 0.6) is 5.75 Å².